The average Bonchev–Trinajstić information content (AvgIpc) is 2.56. The van der Waals surface area contributed by atoms with Gasteiger partial charge in [0, 0.05) is 27.0 Å². The van der Waals surface area contributed by atoms with Gasteiger partial charge in [0.15, 0.2) is 16.1 Å². The van der Waals surface area contributed by atoms with Crippen LogP contribution in [-0.4, -0.2) is 50.1 Å². The van der Waals surface area contributed by atoms with Crippen molar-refractivity contribution in [3.63, 3.8) is 0 Å². The van der Waals surface area contributed by atoms with Crippen molar-refractivity contribution in [3.05, 3.63) is 24.3 Å². The molecule has 0 atom stereocenters. The van der Waals surface area contributed by atoms with E-state index < -0.39 is 19.9 Å². The molecule has 1 aromatic carbocycles. The summed E-state index contributed by atoms with van der Waals surface area (Å²) >= 11 is 0. The zero-order valence-electron chi connectivity index (χ0n) is 16.0. The number of hydrogen-bond acceptors (Lipinski definition) is 6. The first-order valence-electron chi connectivity index (χ1n) is 8.27. The maximum atomic E-state index is 12.5. The third-order valence-corrected chi connectivity index (χ3v) is 6.61. The predicted molar refractivity (Wildman–Crippen MR) is 100 cm³/mol. The summed E-state index contributed by atoms with van der Waals surface area (Å²) in [5, 5.41) is 0. The number of methoxy groups -OCH3 is 2. The van der Waals surface area contributed by atoms with Crippen molar-refractivity contribution < 1.29 is 26.3 Å². The first-order valence-corrected chi connectivity index (χ1v) is 11.6. The van der Waals surface area contributed by atoms with Crippen LogP contribution in [0.3, 0.4) is 0 Å². The number of rotatable bonds is 11. The number of hydrogen-bond donors (Lipinski definition) is 1. The van der Waals surface area contributed by atoms with Crippen LogP contribution in [0.1, 0.15) is 33.1 Å². The molecule has 0 aliphatic rings. The van der Waals surface area contributed by atoms with Gasteiger partial charge in [-0.1, -0.05) is 19.9 Å². The molecule has 0 bridgehead atoms. The number of nitrogens with one attached hydrogen (secondary N) is 1. The fraction of sp³-hybridized carbons (Fsp3) is 0.647. The van der Waals surface area contributed by atoms with Gasteiger partial charge in [0.1, 0.15) is 0 Å². The predicted octanol–water partition coefficient (Wildman–Crippen LogP) is 2.18. The SMILES string of the molecule is COC(CCCC(C)(C)CNS(=O)(=O)c1cccc(S(C)(=O)=O)c1)OC. The van der Waals surface area contributed by atoms with Crippen molar-refractivity contribution in [1.29, 1.82) is 0 Å². The fourth-order valence-electron chi connectivity index (χ4n) is 2.41. The minimum atomic E-state index is -3.79. The van der Waals surface area contributed by atoms with Gasteiger partial charge in [0.25, 0.3) is 0 Å². The van der Waals surface area contributed by atoms with E-state index in [-0.39, 0.29) is 28.0 Å². The van der Waals surface area contributed by atoms with Gasteiger partial charge in [-0.2, -0.15) is 0 Å². The van der Waals surface area contributed by atoms with E-state index in [4.69, 9.17) is 9.47 Å². The molecule has 150 valence electrons. The molecule has 0 amide bonds. The molecule has 1 N–H and O–H groups in total. The van der Waals surface area contributed by atoms with Crippen molar-refractivity contribution in [3.8, 4) is 0 Å². The third kappa shape index (κ3) is 7.32. The normalized spacial score (nSPS) is 13.3. The minimum absolute atomic E-state index is 0.0233. The molecule has 0 saturated heterocycles. The molecule has 26 heavy (non-hydrogen) atoms. The third-order valence-electron chi connectivity index (χ3n) is 4.10. The highest BCUT2D eigenvalue weighted by molar-refractivity contribution is 7.91. The standard InChI is InChI=1S/C17H29NO6S2/c1-17(2,11-7-10-16(23-3)24-4)13-18-26(21,22)15-9-6-8-14(12-15)25(5,19)20/h6,8-9,12,16,18H,7,10-11,13H2,1-5H3. The Morgan fingerprint density at radius 3 is 2.19 bits per heavy atom. The second-order valence-corrected chi connectivity index (χ2v) is 10.8. The minimum Gasteiger partial charge on any atom is -0.356 e. The second kappa shape index (κ2) is 9.27. The van der Waals surface area contributed by atoms with E-state index in [0.29, 0.717) is 0 Å². The molecule has 0 unspecified atom stereocenters. The van der Waals surface area contributed by atoms with Crippen LogP contribution >= 0.6 is 0 Å². The Morgan fingerprint density at radius 1 is 1.08 bits per heavy atom. The number of sulfone groups is 1. The molecule has 0 radical (unpaired) electrons. The van der Waals surface area contributed by atoms with Gasteiger partial charge in [-0.3, -0.25) is 0 Å². The molecule has 0 aliphatic carbocycles. The molecule has 0 aromatic heterocycles. The molecule has 9 heteroatoms. The summed E-state index contributed by atoms with van der Waals surface area (Å²) in [6, 6.07) is 5.35. The highest BCUT2D eigenvalue weighted by atomic mass is 32.2. The monoisotopic (exact) mass is 407 g/mol. The summed E-state index contributed by atoms with van der Waals surface area (Å²) in [4.78, 5) is -0.0835. The summed E-state index contributed by atoms with van der Waals surface area (Å²) in [5.41, 5.74) is -0.270. The van der Waals surface area contributed by atoms with Gasteiger partial charge in [-0.05, 0) is 42.9 Å². The Bertz CT molecular complexity index is 783. The topological polar surface area (TPSA) is 98.8 Å². The van der Waals surface area contributed by atoms with Crippen LogP contribution in [-0.2, 0) is 29.3 Å². The van der Waals surface area contributed by atoms with Crippen molar-refractivity contribution in [2.24, 2.45) is 5.41 Å². The highest BCUT2D eigenvalue weighted by Gasteiger charge is 2.23. The lowest BCUT2D eigenvalue weighted by Gasteiger charge is -2.25. The summed E-state index contributed by atoms with van der Waals surface area (Å²) in [7, 11) is -4.10. The van der Waals surface area contributed by atoms with Crippen LogP contribution in [0, 0.1) is 5.41 Å². The van der Waals surface area contributed by atoms with Gasteiger partial charge in [0.05, 0.1) is 9.79 Å². The van der Waals surface area contributed by atoms with Crippen molar-refractivity contribution in [2.75, 3.05) is 27.0 Å². The summed E-state index contributed by atoms with van der Waals surface area (Å²) < 4.78 is 61.1. The van der Waals surface area contributed by atoms with E-state index in [9.17, 15) is 16.8 Å². The van der Waals surface area contributed by atoms with Crippen LogP contribution < -0.4 is 4.72 Å². The van der Waals surface area contributed by atoms with Gasteiger partial charge in [-0.25, -0.2) is 21.6 Å². The van der Waals surface area contributed by atoms with Gasteiger partial charge in [-0.15, -0.1) is 0 Å². The Morgan fingerprint density at radius 2 is 1.65 bits per heavy atom. The number of ether oxygens (including phenoxy) is 2. The summed E-state index contributed by atoms with van der Waals surface area (Å²) in [5.74, 6) is 0. The summed E-state index contributed by atoms with van der Waals surface area (Å²) in [6.07, 6.45) is 3.11. The molecule has 1 rings (SSSR count). The average molecular weight is 408 g/mol. The first kappa shape index (κ1) is 23.0. The van der Waals surface area contributed by atoms with E-state index in [1.165, 1.54) is 24.3 Å². The fourth-order valence-corrected chi connectivity index (χ4v) is 4.44. The van der Waals surface area contributed by atoms with Crippen LogP contribution in [0.25, 0.3) is 0 Å². The number of sulfonamides is 1. The van der Waals surface area contributed by atoms with E-state index in [0.717, 1.165) is 25.5 Å². The maximum absolute atomic E-state index is 12.5. The molecule has 0 saturated carbocycles. The largest absolute Gasteiger partial charge is 0.356 e. The first-order chi connectivity index (χ1) is 11.9. The van der Waals surface area contributed by atoms with E-state index in [1.807, 2.05) is 13.8 Å². The van der Waals surface area contributed by atoms with E-state index >= 15 is 0 Å². The van der Waals surface area contributed by atoms with Gasteiger partial charge >= 0.3 is 0 Å². The molecule has 7 nitrogen and oxygen atoms in total. The van der Waals surface area contributed by atoms with Gasteiger partial charge < -0.3 is 9.47 Å². The molecule has 0 aliphatic heterocycles. The van der Waals surface area contributed by atoms with Crippen LogP contribution in [0.15, 0.2) is 34.1 Å². The van der Waals surface area contributed by atoms with Crippen molar-refractivity contribution >= 4 is 19.9 Å². The lowest BCUT2D eigenvalue weighted by molar-refractivity contribution is -0.107. The van der Waals surface area contributed by atoms with E-state index in [1.54, 1.807) is 14.2 Å². The molecule has 0 spiro atoms. The molecule has 0 fully saturated rings. The number of benzene rings is 1. The van der Waals surface area contributed by atoms with Crippen molar-refractivity contribution in [2.45, 2.75) is 49.2 Å². The maximum Gasteiger partial charge on any atom is 0.240 e. The van der Waals surface area contributed by atoms with Gasteiger partial charge in [0.2, 0.25) is 10.0 Å². The van der Waals surface area contributed by atoms with E-state index in [2.05, 4.69) is 4.72 Å². The molecular formula is C17H29NO6S2. The smallest absolute Gasteiger partial charge is 0.240 e. The Hall–Kier alpha value is -1.00. The molecule has 0 heterocycles. The Labute approximate surface area is 157 Å². The van der Waals surface area contributed by atoms with Crippen LogP contribution in [0.5, 0.6) is 0 Å². The quantitative estimate of drug-likeness (QED) is 0.565. The zero-order chi connectivity index (χ0) is 20.0. The highest BCUT2D eigenvalue weighted by Crippen LogP contribution is 2.24. The lowest BCUT2D eigenvalue weighted by atomic mass is 9.87. The van der Waals surface area contributed by atoms with Crippen LogP contribution in [0.2, 0.25) is 0 Å². The molecule has 1 aromatic rings. The van der Waals surface area contributed by atoms with Crippen molar-refractivity contribution in [1.82, 2.24) is 4.72 Å². The molecular weight excluding hydrogens is 378 g/mol. The zero-order valence-corrected chi connectivity index (χ0v) is 17.6. The lowest BCUT2D eigenvalue weighted by Crippen LogP contribution is -2.34. The second-order valence-electron chi connectivity index (χ2n) is 7.03. The summed E-state index contributed by atoms with van der Waals surface area (Å²) in [6.45, 7) is 4.18. The van der Waals surface area contributed by atoms with Crippen LogP contribution in [0.4, 0.5) is 0 Å². The Kier molecular flexibility index (Phi) is 8.22. The Balaban J connectivity index is 2.72.